The number of hydrogen-bond acceptors (Lipinski definition) is 3. The zero-order valence-corrected chi connectivity index (χ0v) is 14.1. The van der Waals surface area contributed by atoms with Gasteiger partial charge in [-0.3, -0.25) is 10.1 Å². The predicted molar refractivity (Wildman–Crippen MR) is 85.0 cm³/mol. The van der Waals surface area contributed by atoms with Crippen LogP contribution < -0.4 is 4.74 Å². The molecule has 0 spiro atoms. The lowest BCUT2D eigenvalue weighted by atomic mass is 10.3. The van der Waals surface area contributed by atoms with Crippen LogP contribution in [-0.2, 0) is 0 Å². The van der Waals surface area contributed by atoms with Crippen LogP contribution in [0.15, 0.2) is 34.8 Å². The van der Waals surface area contributed by atoms with Gasteiger partial charge in [0, 0.05) is 16.6 Å². The van der Waals surface area contributed by atoms with Gasteiger partial charge < -0.3 is 4.74 Å². The Morgan fingerprint density at radius 1 is 1.30 bits per heavy atom. The Kier molecular flexibility index (Phi) is 4.82. The second-order valence-corrected chi connectivity index (χ2v) is 6.15. The molecule has 0 N–H and O–H groups in total. The highest BCUT2D eigenvalue weighted by molar-refractivity contribution is 14.1. The van der Waals surface area contributed by atoms with E-state index in [1.54, 1.807) is 40.8 Å². The topological polar surface area (TPSA) is 52.4 Å². The number of ether oxygens (including phenoxy) is 1. The van der Waals surface area contributed by atoms with Gasteiger partial charge in [0.2, 0.25) is 5.75 Å². The summed E-state index contributed by atoms with van der Waals surface area (Å²) in [6.45, 7) is 0. The molecule has 0 bridgehead atoms. The molecule has 8 heteroatoms. The van der Waals surface area contributed by atoms with E-state index < -0.39 is 10.7 Å². The van der Waals surface area contributed by atoms with E-state index in [2.05, 4.69) is 15.9 Å². The summed E-state index contributed by atoms with van der Waals surface area (Å²) in [5.41, 5.74) is -0.327. The first-order chi connectivity index (χ1) is 9.38. The molecule has 104 valence electrons. The fourth-order valence-electron chi connectivity index (χ4n) is 1.42. The van der Waals surface area contributed by atoms with Crippen molar-refractivity contribution in [1.29, 1.82) is 0 Å². The quantitative estimate of drug-likeness (QED) is 0.335. The predicted octanol–water partition coefficient (Wildman–Crippen LogP) is 5.55. The maximum atomic E-state index is 13.6. The summed E-state index contributed by atoms with van der Waals surface area (Å²) in [6, 6.07) is 6.88. The minimum absolute atomic E-state index is 0.141. The van der Waals surface area contributed by atoms with Gasteiger partial charge in [0.25, 0.3) is 0 Å². The van der Waals surface area contributed by atoms with Crippen LogP contribution in [0.4, 0.5) is 10.1 Å². The average molecular weight is 472 g/mol. The Hall–Kier alpha value is -0.930. The largest absolute Gasteiger partial charge is 0.448 e. The highest BCUT2D eigenvalue weighted by atomic mass is 127. The highest BCUT2D eigenvalue weighted by Gasteiger charge is 2.20. The van der Waals surface area contributed by atoms with Crippen molar-refractivity contribution in [1.82, 2.24) is 0 Å². The molecule has 20 heavy (non-hydrogen) atoms. The molecule has 0 amide bonds. The zero-order valence-electron chi connectivity index (χ0n) is 9.57. The molecule has 0 fully saturated rings. The third-order valence-electron chi connectivity index (χ3n) is 2.31. The number of benzene rings is 2. The molecule has 4 nitrogen and oxygen atoms in total. The Labute approximate surface area is 140 Å². The summed E-state index contributed by atoms with van der Waals surface area (Å²) < 4.78 is 19.8. The maximum absolute atomic E-state index is 13.6. The van der Waals surface area contributed by atoms with E-state index in [0.29, 0.717) is 4.47 Å². The van der Waals surface area contributed by atoms with Crippen molar-refractivity contribution < 1.29 is 14.1 Å². The molecular weight excluding hydrogens is 467 g/mol. The molecule has 0 aliphatic heterocycles. The third kappa shape index (κ3) is 3.39. The van der Waals surface area contributed by atoms with Crippen LogP contribution in [0.25, 0.3) is 0 Å². The summed E-state index contributed by atoms with van der Waals surface area (Å²) in [4.78, 5) is 10.3. The van der Waals surface area contributed by atoms with Crippen LogP contribution in [0.5, 0.6) is 11.5 Å². The Morgan fingerprint density at radius 2 is 2.00 bits per heavy atom. The minimum Gasteiger partial charge on any atom is -0.448 e. The molecule has 0 aliphatic rings. The first kappa shape index (κ1) is 15.5. The molecule has 0 aromatic heterocycles. The summed E-state index contributed by atoms with van der Waals surface area (Å²) in [5, 5.41) is 11.3. The Morgan fingerprint density at radius 3 is 2.65 bits per heavy atom. The van der Waals surface area contributed by atoms with Crippen LogP contribution >= 0.6 is 50.1 Å². The van der Waals surface area contributed by atoms with Gasteiger partial charge in [0.15, 0.2) is 0 Å². The molecule has 0 saturated carbocycles. The molecule has 2 aromatic rings. The van der Waals surface area contributed by atoms with Gasteiger partial charge in [-0.05, 0) is 40.8 Å². The lowest BCUT2D eigenvalue weighted by molar-refractivity contribution is -0.385. The van der Waals surface area contributed by atoms with Gasteiger partial charge in [-0.25, -0.2) is 4.39 Å². The fraction of sp³-hybridized carbons (Fsp3) is 0. The van der Waals surface area contributed by atoms with Crippen LogP contribution in [0.2, 0.25) is 5.02 Å². The van der Waals surface area contributed by atoms with E-state index in [0.717, 1.165) is 12.1 Å². The summed E-state index contributed by atoms with van der Waals surface area (Å²) in [6.07, 6.45) is 0. The van der Waals surface area contributed by atoms with E-state index in [-0.39, 0.29) is 25.8 Å². The van der Waals surface area contributed by atoms with Crippen LogP contribution in [0.3, 0.4) is 0 Å². The molecule has 0 atom stereocenters. The number of nitrogens with zero attached hydrogens (tertiary/aromatic N) is 1. The van der Waals surface area contributed by atoms with E-state index in [1.165, 1.54) is 0 Å². The lowest BCUT2D eigenvalue weighted by Crippen LogP contribution is -1.96. The average Bonchev–Trinajstić information content (AvgIpc) is 2.37. The molecule has 2 rings (SSSR count). The van der Waals surface area contributed by atoms with Crippen molar-refractivity contribution in [3.05, 3.63) is 59.3 Å². The second-order valence-electron chi connectivity index (χ2n) is 3.67. The Balaban J connectivity index is 2.50. The molecule has 0 saturated heterocycles. The van der Waals surface area contributed by atoms with Crippen LogP contribution in [-0.4, -0.2) is 4.92 Å². The summed E-state index contributed by atoms with van der Waals surface area (Å²) in [5.74, 6) is -0.602. The zero-order chi connectivity index (χ0) is 14.9. The van der Waals surface area contributed by atoms with Crippen LogP contribution in [0.1, 0.15) is 0 Å². The highest BCUT2D eigenvalue weighted by Crippen LogP contribution is 2.37. The van der Waals surface area contributed by atoms with E-state index >= 15 is 0 Å². The molecule has 2 aromatic carbocycles. The number of hydrogen-bond donors (Lipinski definition) is 0. The van der Waals surface area contributed by atoms with Gasteiger partial charge in [-0.2, -0.15) is 0 Å². The number of halogens is 4. The summed E-state index contributed by atoms with van der Waals surface area (Å²) in [7, 11) is 0. The van der Waals surface area contributed by atoms with E-state index in [1.807, 2.05) is 0 Å². The summed E-state index contributed by atoms with van der Waals surface area (Å²) >= 11 is 10.8. The number of rotatable bonds is 3. The standard InChI is InChI=1S/C12H5BrClFINO3/c13-6-1-2-7(14)11(3-6)20-12-4-8(15)9(16)5-10(12)17(18)19/h1-5H. The van der Waals surface area contributed by atoms with Gasteiger partial charge >= 0.3 is 5.69 Å². The monoisotopic (exact) mass is 471 g/mol. The van der Waals surface area contributed by atoms with Crippen molar-refractivity contribution in [3.63, 3.8) is 0 Å². The van der Waals surface area contributed by atoms with Gasteiger partial charge in [-0.1, -0.05) is 27.5 Å². The Bertz CT molecular complexity index is 699. The third-order valence-corrected chi connectivity index (χ3v) is 3.94. The van der Waals surface area contributed by atoms with E-state index in [4.69, 9.17) is 16.3 Å². The maximum Gasteiger partial charge on any atom is 0.312 e. The van der Waals surface area contributed by atoms with Crippen molar-refractivity contribution in [2.24, 2.45) is 0 Å². The van der Waals surface area contributed by atoms with Crippen molar-refractivity contribution in [2.75, 3.05) is 0 Å². The first-order valence-corrected chi connectivity index (χ1v) is 7.40. The minimum atomic E-state index is -0.636. The van der Waals surface area contributed by atoms with Gasteiger partial charge in [-0.15, -0.1) is 0 Å². The van der Waals surface area contributed by atoms with Crippen molar-refractivity contribution >= 4 is 55.8 Å². The number of nitro groups is 1. The molecular formula is C12H5BrClFINO3. The van der Waals surface area contributed by atoms with Crippen molar-refractivity contribution in [2.45, 2.75) is 0 Å². The second kappa shape index (κ2) is 6.23. The smallest absolute Gasteiger partial charge is 0.312 e. The number of nitro benzene ring substituents is 1. The van der Waals surface area contributed by atoms with Crippen LogP contribution in [0, 0.1) is 19.5 Å². The fourth-order valence-corrected chi connectivity index (χ4v) is 2.36. The van der Waals surface area contributed by atoms with Gasteiger partial charge in [0.05, 0.1) is 13.5 Å². The first-order valence-electron chi connectivity index (χ1n) is 5.15. The normalized spacial score (nSPS) is 10.4. The van der Waals surface area contributed by atoms with Crippen molar-refractivity contribution in [3.8, 4) is 11.5 Å². The molecule has 0 unspecified atom stereocenters. The molecule has 0 aliphatic carbocycles. The molecule has 0 heterocycles. The van der Waals surface area contributed by atoms with E-state index in [9.17, 15) is 14.5 Å². The molecule has 0 radical (unpaired) electrons. The lowest BCUT2D eigenvalue weighted by Gasteiger charge is -2.09. The van der Waals surface area contributed by atoms with Gasteiger partial charge in [0.1, 0.15) is 11.6 Å². The SMILES string of the molecule is O=[N+]([O-])c1cc(I)c(F)cc1Oc1cc(Br)ccc1Cl.